The maximum Gasteiger partial charge on any atom is 0.168 e. The van der Waals surface area contributed by atoms with Crippen LogP contribution in [-0.2, 0) is 6.42 Å². The van der Waals surface area contributed by atoms with Crippen LogP contribution in [0.1, 0.15) is 18.4 Å². The van der Waals surface area contributed by atoms with Crippen LogP contribution in [0.25, 0.3) is 0 Å². The minimum absolute atomic E-state index is 0.0142. The van der Waals surface area contributed by atoms with Gasteiger partial charge in [-0.1, -0.05) is 6.92 Å². The second-order valence-corrected chi connectivity index (χ2v) is 2.03. The lowest BCUT2D eigenvalue weighted by molar-refractivity contribution is 0.507. The van der Waals surface area contributed by atoms with E-state index in [2.05, 4.69) is 0 Å². The summed E-state index contributed by atoms with van der Waals surface area (Å²) in [6.07, 6.45) is 0.841. The van der Waals surface area contributed by atoms with Crippen LogP contribution in [0.15, 0.2) is 16.5 Å². The molecule has 0 aromatic carbocycles. The fraction of sp³-hybridized carbons (Fsp3) is 0.286. The SMILES string of the molecule is CCc1ccc(C(=N)N)o1. The number of hydrogen-bond acceptors (Lipinski definition) is 2. The van der Waals surface area contributed by atoms with Gasteiger partial charge in [-0.15, -0.1) is 0 Å². The van der Waals surface area contributed by atoms with Gasteiger partial charge in [0.15, 0.2) is 11.6 Å². The van der Waals surface area contributed by atoms with E-state index in [1.54, 1.807) is 6.07 Å². The Morgan fingerprint density at radius 1 is 1.70 bits per heavy atom. The highest BCUT2D eigenvalue weighted by Crippen LogP contribution is 2.06. The Bertz CT molecular complexity index is 240. The third kappa shape index (κ3) is 1.18. The highest BCUT2D eigenvalue weighted by molar-refractivity contribution is 5.92. The summed E-state index contributed by atoms with van der Waals surface area (Å²) in [5.41, 5.74) is 5.17. The Kier molecular flexibility index (Phi) is 1.76. The Labute approximate surface area is 59.3 Å². The van der Waals surface area contributed by atoms with E-state index in [0.717, 1.165) is 12.2 Å². The summed E-state index contributed by atoms with van der Waals surface area (Å²) in [4.78, 5) is 0. The summed E-state index contributed by atoms with van der Waals surface area (Å²) in [6, 6.07) is 3.54. The maximum atomic E-state index is 7.01. The molecular weight excluding hydrogens is 128 g/mol. The lowest BCUT2D eigenvalue weighted by Gasteiger charge is -1.89. The number of nitrogens with two attached hydrogens (primary N) is 1. The van der Waals surface area contributed by atoms with Crippen molar-refractivity contribution in [3.8, 4) is 0 Å². The molecule has 0 aliphatic heterocycles. The highest BCUT2D eigenvalue weighted by atomic mass is 16.3. The van der Waals surface area contributed by atoms with Gasteiger partial charge in [0.2, 0.25) is 0 Å². The summed E-state index contributed by atoms with van der Waals surface area (Å²) in [5, 5.41) is 7.01. The molecule has 1 rings (SSSR count). The van der Waals surface area contributed by atoms with E-state index in [1.807, 2.05) is 13.0 Å². The lowest BCUT2D eigenvalue weighted by Crippen LogP contribution is -2.09. The molecule has 3 nitrogen and oxygen atoms in total. The summed E-state index contributed by atoms with van der Waals surface area (Å²) in [5.74, 6) is 1.31. The van der Waals surface area contributed by atoms with Gasteiger partial charge in [-0.3, -0.25) is 5.41 Å². The second-order valence-electron chi connectivity index (χ2n) is 2.03. The van der Waals surface area contributed by atoms with Crippen LogP contribution in [0.4, 0.5) is 0 Å². The third-order valence-corrected chi connectivity index (χ3v) is 1.28. The molecule has 1 aromatic heterocycles. The van der Waals surface area contributed by atoms with Crippen molar-refractivity contribution < 1.29 is 4.42 Å². The van der Waals surface area contributed by atoms with Crippen molar-refractivity contribution in [3.63, 3.8) is 0 Å². The molecule has 0 aliphatic rings. The average Bonchev–Trinajstić information content (AvgIpc) is 2.34. The average molecular weight is 138 g/mol. The van der Waals surface area contributed by atoms with E-state index in [1.165, 1.54) is 0 Å². The van der Waals surface area contributed by atoms with Gasteiger partial charge < -0.3 is 10.2 Å². The van der Waals surface area contributed by atoms with Crippen LogP contribution in [-0.4, -0.2) is 5.84 Å². The molecule has 0 amide bonds. The third-order valence-electron chi connectivity index (χ3n) is 1.28. The molecule has 3 N–H and O–H groups in total. The highest BCUT2D eigenvalue weighted by Gasteiger charge is 2.00. The number of furan rings is 1. The zero-order valence-electron chi connectivity index (χ0n) is 5.85. The van der Waals surface area contributed by atoms with Crippen LogP contribution >= 0.6 is 0 Å². The molecule has 0 fully saturated rings. The van der Waals surface area contributed by atoms with Crippen LogP contribution in [0.2, 0.25) is 0 Å². The zero-order chi connectivity index (χ0) is 7.56. The predicted octanol–water partition coefficient (Wildman–Crippen LogP) is 1.13. The van der Waals surface area contributed by atoms with Gasteiger partial charge >= 0.3 is 0 Å². The van der Waals surface area contributed by atoms with Crippen molar-refractivity contribution >= 4 is 5.84 Å². The maximum absolute atomic E-state index is 7.01. The van der Waals surface area contributed by atoms with Gasteiger partial charge in [0.1, 0.15) is 5.76 Å². The normalized spacial score (nSPS) is 9.70. The smallest absolute Gasteiger partial charge is 0.168 e. The largest absolute Gasteiger partial charge is 0.458 e. The van der Waals surface area contributed by atoms with E-state index in [9.17, 15) is 0 Å². The molecule has 3 heteroatoms. The topological polar surface area (TPSA) is 63.0 Å². The number of hydrogen-bond donors (Lipinski definition) is 2. The standard InChI is InChI=1S/C7H10N2O/c1-2-5-3-4-6(10-5)7(8)9/h3-4H,2H2,1H3,(H3,8,9). The van der Waals surface area contributed by atoms with Crippen molar-refractivity contribution in [1.29, 1.82) is 5.41 Å². The van der Waals surface area contributed by atoms with Crippen LogP contribution in [0.3, 0.4) is 0 Å². The van der Waals surface area contributed by atoms with Crippen LogP contribution < -0.4 is 5.73 Å². The van der Waals surface area contributed by atoms with Gasteiger partial charge in [0.05, 0.1) is 0 Å². The van der Waals surface area contributed by atoms with Crippen molar-refractivity contribution in [2.45, 2.75) is 13.3 Å². The molecule has 0 bridgehead atoms. The molecule has 54 valence electrons. The van der Waals surface area contributed by atoms with Crippen molar-refractivity contribution in [2.75, 3.05) is 0 Å². The molecule has 1 heterocycles. The van der Waals surface area contributed by atoms with Gasteiger partial charge in [0.25, 0.3) is 0 Å². The quantitative estimate of drug-likeness (QED) is 0.475. The first-order valence-electron chi connectivity index (χ1n) is 3.17. The van der Waals surface area contributed by atoms with Crippen molar-refractivity contribution in [2.24, 2.45) is 5.73 Å². The summed E-state index contributed by atoms with van der Waals surface area (Å²) < 4.78 is 5.14. The first-order chi connectivity index (χ1) is 4.74. The fourth-order valence-corrected chi connectivity index (χ4v) is 0.713. The first kappa shape index (κ1) is 6.86. The molecule has 0 saturated heterocycles. The van der Waals surface area contributed by atoms with Gasteiger partial charge in [-0.2, -0.15) is 0 Å². The predicted molar refractivity (Wildman–Crippen MR) is 39.1 cm³/mol. The summed E-state index contributed by atoms with van der Waals surface area (Å²) >= 11 is 0. The Morgan fingerprint density at radius 3 is 2.70 bits per heavy atom. The number of aryl methyl sites for hydroxylation is 1. The molecule has 0 radical (unpaired) electrons. The second kappa shape index (κ2) is 2.56. The van der Waals surface area contributed by atoms with E-state index in [0.29, 0.717) is 5.76 Å². The monoisotopic (exact) mass is 138 g/mol. The van der Waals surface area contributed by atoms with E-state index in [4.69, 9.17) is 15.6 Å². The molecule has 0 saturated carbocycles. The molecule has 0 atom stereocenters. The molecule has 10 heavy (non-hydrogen) atoms. The van der Waals surface area contributed by atoms with E-state index >= 15 is 0 Å². The molecule has 1 aromatic rings. The van der Waals surface area contributed by atoms with Crippen LogP contribution in [0.5, 0.6) is 0 Å². The zero-order valence-corrected chi connectivity index (χ0v) is 5.85. The summed E-state index contributed by atoms with van der Waals surface area (Å²) in [6.45, 7) is 1.99. The van der Waals surface area contributed by atoms with Crippen molar-refractivity contribution in [3.05, 3.63) is 23.7 Å². The Morgan fingerprint density at radius 2 is 2.40 bits per heavy atom. The van der Waals surface area contributed by atoms with Gasteiger partial charge in [0, 0.05) is 6.42 Å². The summed E-state index contributed by atoms with van der Waals surface area (Å²) in [7, 11) is 0. The molecule has 0 spiro atoms. The lowest BCUT2D eigenvalue weighted by atomic mass is 10.3. The number of amidine groups is 1. The van der Waals surface area contributed by atoms with E-state index in [-0.39, 0.29) is 5.84 Å². The minimum Gasteiger partial charge on any atom is -0.458 e. The number of nitrogens with one attached hydrogen (secondary N) is 1. The van der Waals surface area contributed by atoms with Gasteiger partial charge in [-0.25, -0.2) is 0 Å². The number of rotatable bonds is 2. The van der Waals surface area contributed by atoms with E-state index < -0.39 is 0 Å². The number of nitrogen functional groups attached to an aromatic ring is 1. The molecule has 0 unspecified atom stereocenters. The Hall–Kier alpha value is -1.25. The molecular formula is C7H10N2O. The fourth-order valence-electron chi connectivity index (χ4n) is 0.713. The molecule has 0 aliphatic carbocycles. The Balaban J connectivity index is 2.88. The first-order valence-corrected chi connectivity index (χ1v) is 3.17. The van der Waals surface area contributed by atoms with Gasteiger partial charge in [-0.05, 0) is 12.1 Å². The van der Waals surface area contributed by atoms with Crippen molar-refractivity contribution in [1.82, 2.24) is 0 Å². The van der Waals surface area contributed by atoms with Crippen LogP contribution in [0, 0.1) is 5.41 Å². The minimum atomic E-state index is -0.0142.